The van der Waals surface area contributed by atoms with Crippen molar-refractivity contribution in [3.05, 3.63) is 89.6 Å². The van der Waals surface area contributed by atoms with Gasteiger partial charge < -0.3 is 21.1 Å². The quantitative estimate of drug-likeness (QED) is 0.387. The van der Waals surface area contributed by atoms with Crippen LogP contribution in [-0.2, 0) is 12.8 Å². The number of benzene rings is 3. The number of aromatic nitrogens is 2. The lowest BCUT2D eigenvalue weighted by Crippen LogP contribution is -2.11. The van der Waals surface area contributed by atoms with Crippen LogP contribution in [0.5, 0.6) is 5.75 Å². The van der Waals surface area contributed by atoms with Gasteiger partial charge in [0.2, 0.25) is 5.95 Å². The topological polar surface area (TPSA) is 102 Å². The van der Waals surface area contributed by atoms with E-state index in [-0.39, 0.29) is 5.91 Å². The number of nitrogens with zero attached hydrogens (tertiary/aromatic N) is 2. The molecule has 5 rings (SSSR count). The molecule has 164 valence electrons. The fourth-order valence-electron chi connectivity index (χ4n) is 3.89. The Kier molecular flexibility index (Phi) is 5.36. The molecule has 0 saturated carbocycles. The molecule has 0 saturated heterocycles. The number of nitrogens with one attached hydrogen (secondary N) is 2. The summed E-state index contributed by atoms with van der Waals surface area (Å²) in [5.74, 6) is 1.19. The summed E-state index contributed by atoms with van der Waals surface area (Å²) >= 11 is 0. The number of nitrogens with two attached hydrogens (primary N) is 1. The van der Waals surface area contributed by atoms with Crippen molar-refractivity contribution in [3.8, 4) is 17.0 Å². The fourth-order valence-corrected chi connectivity index (χ4v) is 3.89. The molecule has 1 heterocycles. The Morgan fingerprint density at radius 1 is 0.939 bits per heavy atom. The predicted molar refractivity (Wildman–Crippen MR) is 130 cm³/mol. The van der Waals surface area contributed by atoms with E-state index >= 15 is 0 Å². The van der Waals surface area contributed by atoms with Crippen molar-refractivity contribution in [3.63, 3.8) is 0 Å². The Labute approximate surface area is 191 Å². The van der Waals surface area contributed by atoms with Gasteiger partial charge in [-0.1, -0.05) is 0 Å². The normalized spacial score (nSPS) is 11.8. The first kappa shape index (κ1) is 20.5. The van der Waals surface area contributed by atoms with Crippen LogP contribution >= 0.6 is 0 Å². The fraction of sp³-hybridized carbons (Fsp3) is 0.115. The third-order valence-corrected chi connectivity index (χ3v) is 5.67. The standard InChI is InChI=1S/C26H23N5O2/c1-33-22-12-13-23-17(14-22)2-3-18-15-28-26(31-24(18)23)30-21-10-8-20(9-11-21)29-25(32)16-4-6-19(27)7-5-16/h4-15H,2-3,27H2,1H3,(H,29,32)(H,28,30,31). The molecule has 1 aromatic heterocycles. The molecule has 0 spiro atoms. The van der Waals surface area contributed by atoms with E-state index in [1.807, 2.05) is 36.5 Å². The Bertz CT molecular complexity index is 1320. The van der Waals surface area contributed by atoms with Crippen molar-refractivity contribution in [1.29, 1.82) is 0 Å². The Hall–Kier alpha value is -4.39. The molecule has 0 fully saturated rings. The number of fused-ring (bicyclic) bond motifs is 3. The van der Waals surface area contributed by atoms with Gasteiger partial charge in [0.25, 0.3) is 5.91 Å². The summed E-state index contributed by atoms with van der Waals surface area (Å²) in [6.45, 7) is 0. The van der Waals surface area contributed by atoms with Gasteiger partial charge in [-0.2, -0.15) is 0 Å². The molecular formula is C26H23N5O2. The Balaban J connectivity index is 1.31. The number of anilines is 4. The van der Waals surface area contributed by atoms with Gasteiger partial charge in [-0.15, -0.1) is 0 Å². The summed E-state index contributed by atoms with van der Waals surface area (Å²) < 4.78 is 5.36. The van der Waals surface area contributed by atoms with Gasteiger partial charge in [-0.25, -0.2) is 9.97 Å². The zero-order chi connectivity index (χ0) is 22.8. The van der Waals surface area contributed by atoms with E-state index in [2.05, 4.69) is 27.8 Å². The number of carbonyl (C=O) groups is 1. The third-order valence-electron chi connectivity index (χ3n) is 5.67. The van der Waals surface area contributed by atoms with Gasteiger partial charge in [-0.05, 0) is 90.7 Å². The number of hydrogen-bond donors (Lipinski definition) is 3. The van der Waals surface area contributed by atoms with E-state index in [1.54, 1.807) is 31.4 Å². The van der Waals surface area contributed by atoms with Crippen molar-refractivity contribution in [1.82, 2.24) is 9.97 Å². The maximum atomic E-state index is 12.4. The molecule has 0 aliphatic heterocycles. The van der Waals surface area contributed by atoms with Gasteiger partial charge >= 0.3 is 0 Å². The second-order valence-corrected chi connectivity index (χ2v) is 7.87. The van der Waals surface area contributed by atoms with Crippen LogP contribution in [0.4, 0.5) is 23.0 Å². The number of rotatable bonds is 5. The van der Waals surface area contributed by atoms with E-state index in [4.69, 9.17) is 15.5 Å². The molecule has 1 aliphatic carbocycles. The van der Waals surface area contributed by atoms with Crippen molar-refractivity contribution >= 4 is 28.9 Å². The van der Waals surface area contributed by atoms with Gasteiger partial charge in [0.1, 0.15) is 5.75 Å². The largest absolute Gasteiger partial charge is 0.497 e. The molecule has 4 N–H and O–H groups in total. The minimum atomic E-state index is -0.191. The van der Waals surface area contributed by atoms with Crippen LogP contribution < -0.4 is 21.1 Å². The highest BCUT2D eigenvalue weighted by molar-refractivity contribution is 6.04. The Morgan fingerprint density at radius 2 is 1.67 bits per heavy atom. The maximum absolute atomic E-state index is 12.4. The molecule has 0 unspecified atom stereocenters. The number of hydrogen-bond acceptors (Lipinski definition) is 6. The smallest absolute Gasteiger partial charge is 0.255 e. The van der Waals surface area contributed by atoms with E-state index in [9.17, 15) is 4.79 Å². The third kappa shape index (κ3) is 4.34. The van der Waals surface area contributed by atoms with Crippen LogP contribution in [0.1, 0.15) is 21.5 Å². The van der Waals surface area contributed by atoms with Crippen LogP contribution in [0, 0.1) is 0 Å². The molecule has 7 heteroatoms. The summed E-state index contributed by atoms with van der Waals surface area (Å²) in [7, 11) is 1.68. The number of methoxy groups -OCH3 is 1. The summed E-state index contributed by atoms with van der Waals surface area (Å²) in [4.78, 5) is 21.6. The lowest BCUT2D eigenvalue weighted by Gasteiger charge is -2.20. The highest BCUT2D eigenvalue weighted by Crippen LogP contribution is 2.34. The molecule has 33 heavy (non-hydrogen) atoms. The van der Waals surface area contributed by atoms with Gasteiger partial charge in [0, 0.05) is 34.4 Å². The number of nitrogen functional groups attached to an aromatic ring is 1. The highest BCUT2D eigenvalue weighted by atomic mass is 16.5. The van der Waals surface area contributed by atoms with Gasteiger partial charge in [-0.3, -0.25) is 4.79 Å². The number of aryl methyl sites for hydroxylation is 2. The second kappa shape index (κ2) is 8.63. The summed E-state index contributed by atoms with van der Waals surface area (Å²) in [5, 5.41) is 6.13. The van der Waals surface area contributed by atoms with Crippen LogP contribution in [0.25, 0.3) is 11.3 Å². The van der Waals surface area contributed by atoms with Crippen LogP contribution in [-0.4, -0.2) is 23.0 Å². The summed E-state index contributed by atoms with van der Waals surface area (Å²) in [6, 6.07) is 20.3. The minimum absolute atomic E-state index is 0.191. The first-order valence-corrected chi connectivity index (χ1v) is 10.7. The van der Waals surface area contributed by atoms with Crippen molar-refractivity contribution in [2.75, 3.05) is 23.5 Å². The predicted octanol–water partition coefficient (Wildman–Crippen LogP) is 4.83. The van der Waals surface area contributed by atoms with Crippen molar-refractivity contribution < 1.29 is 9.53 Å². The van der Waals surface area contributed by atoms with Crippen LogP contribution in [0.2, 0.25) is 0 Å². The van der Waals surface area contributed by atoms with E-state index in [0.29, 0.717) is 22.9 Å². The molecule has 1 amide bonds. The molecule has 0 radical (unpaired) electrons. The molecule has 3 aromatic carbocycles. The summed E-state index contributed by atoms with van der Waals surface area (Å²) in [5.41, 5.74) is 12.8. The van der Waals surface area contributed by atoms with Crippen molar-refractivity contribution in [2.24, 2.45) is 0 Å². The van der Waals surface area contributed by atoms with Gasteiger partial charge in [0.15, 0.2) is 0 Å². The molecule has 4 aromatic rings. The molecular weight excluding hydrogens is 414 g/mol. The average Bonchev–Trinajstić information content (AvgIpc) is 2.85. The Morgan fingerprint density at radius 3 is 2.42 bits per heavy atom. The zero-order valence-electron chi connectivity index (χ0n) is 18.1. The number of carbonyl (C=O) groups excluding carboxylic acids is 1. The molecule has 7 nitrogen and oxygen atoms in total. The van der Waals surface area contributed by atoms with Crippen molar-refractivity contribution in [2.45, 2.75) is 12.8 Å². The molecule has 0 bridgehead atoms. The van der Waals surface area contributed by atoms with Crippen LogP contribution in [0.3, 0.4) is 0 Å². The summed E-state index contributed by atoms with van der Waals surface area (Å²) in [6.07, 6.45) is 3.73. The average molecular weight is 438 g/mol. The van der Waals surface area contributed by atoms with Crippen LogP contribution in [0.15, 0.2) is 72.9 Å². The van der Waals surface area contributed by atoms with E-state index in [1.165, 1.54) is 5.56 Å². The molecule has 1 aliphatic rings. The lowest BCUT2D eigenvalue weighted by atomic mass is 9.90. The van der Waals surface area contributed by atoms with E-state index in [0.717, 1.165) is 41.1 Å². The highest BCUT2D eigenvalue weighted by Gasteiger charge is 2.19. The SMILES string of the molecule is COc1ccc2c(c1)CCc1cnc(Nc3ccc(NC(=O)c4ccc(N)cc4)cc3)nc1-2. The number of amides is 1. The number of ether oxygens (including phenoxy) is 1. The second-order valence-electron chi connectivity index (χ2n) is 7.87. The zero-order valence-corrected chi connectivity index (χ0v) is 18.1. The molecule has 0 atom stereocenters. The first-order valence-electron chi connectivity index (χ1n) is 10.7. The minimum Gasteiger partial charge on any atom is -0.497 e. The maximum Gasteiger partial charge on any atom is 0.255 e. The van der Waals surface area contributed by atoms with E-state index < -0.39 is 0 Å². The monoisotopic (exact) mass is 437 g/mol. The first-order chi connectivity index (χ1) is 16.1. The van der Waals surface area contributed by atoms with Gasteiger partial charge in [0.05, 0.1) is 12.8 Å². The lowest BCUT2D eigenvalue weighted by molar-refractivity contribution is 0.102.